The predicted molar refractivity (Wildman–Crippen MR) is 149 cm³/mol. The first-order chi connectivity index (χ1) is 18.8. The molecule has 0 N–H and O–H groups in total. The summed E-state index contributed by atoms with van der Waals surface area (Å²) >= 11 is 0. The van der Waals surface area contributed by atoms with Crippen LogP contribution < -0.4 is 14.2 Å². The van der Waals surface area contributed by atoms with Crippen LogP contribution in [0.5, 0.6) is 17.2 Å². The number of fused-ring (bicyclic) bond motifs is 4. The van der Waals surface area contributed by atoms with Crippen molar-refractivity contribution in [2.45, 2.75) is 44.6 Å². The Morgan fingerprint density at radius 2 is 1.74 bits per heavy atom. The highest BCUT2D eigenvalue weighted by Gasteiger charge is 2.27. The number of methoxy groups -OCH3 is 1. The SMILES string of the molecule is COC(=O)C[C@@H]1COc2cc(OCc3ccc4c(c3)-c3ccc(OCCCS(C)(=O)=O)cc3CCC4)ccc21. The number of hydrogen-bond acceptors (Lipinski definition) is 7. The van der Waals surface area contributed by atoms with Gasteiger partial charge in [0.15, 0.2) is 0 Å². The van der Waals surface area contributed by atoms with E-state index in [-0.39, 0.29) is 17.6 Å². The molecule has 0 spiro atoms. The van der Waals surface area contributed by atoms with Gasteiger partial charge in [0.2, 0.25) is 0 Å². The first-order valence-electron chi connectivity index (χ1n) is 13.3. The number of esters is 1. The van der Waals surface area contributed by atoms with Crippen molar-refractivity contribution in [1.29, 1.82) is 0 Å². The normalized spacial score (nSPS) is 15.8. The van der Waals surface area contributed by atoms with E-state index in [1.165, 1.54) is 35.6 Å². The van der Waals surface area contributed by atoms with Crippen LogP contribution in [0.4, 0.5) is 0 Å². The van der Waals surface area contributed by atoms with Crippen molar-refractivity contribution >= 4 is 15.8 Å². The third-order valence-electron chi connectivity index (χ3n) is 7.27. The largest absolute Gasteiger partial charge is 0.494 e. The molecule has 0 unspecified atom stereocenters. The third kappa shape index (κ3) is 6.74. The molecule has 1 aliphatic heterocycles. The summed E-state index contributed by atoms with van der Waals surface area (Å²) < 4.78 is 45.3. The number of sulfone groups is 1. The zero-order valence-corrected chi connectivity index (χ0v) is 23.2. The summed E-state index contributed by atoms with van der Waals surface area (Å²) in [7, 11) is -1.58. The molecule has 7 nitrogen and oxygen atoms in total. The van der Waals surface area contributed by atoms with E-state index in [1.807, 2.05) is 24.3 Å². The van der Waals surface area contributed by atoms with Gasteiger partial charge in [-0.15, -0.1) is 0 Å². The lowest BCUT2D eigenvalue weighted by atomic mass is 9.95. The fraction of sp³-hybridized carbons (Fsp3) is 0.387. The van der Waals surface area contributed by atoms with E-state index >= 15 is 0 Å². The van der Waals surface area contributed by atoms with E-state index in [4.69, 9.17) is 18.9 Å². The van der Waals surface area contributed by atoms with Gasteiger partial charge in [0.25, 0.3) is 0 Å². The Labute approximate surface area is 230 Å². The Morgan fingerprint density at radius 1 is 0.949 bits per heavy atom. The molecule has 206 valence electrons. The first-order valence-corrected chi connectivity index (χ1v) is 15.4. The lowest BCUT2D eigenvalue weighted by molar-refractivity contribution is -0.141. The van der Waals surface area contributed by atoms with E-state index in [1.54, 1.807) is 0 Å². The summed E-state index contributed by atoms with van der Waals surface area (Å²) in [6.45, 7) is 1.27. The lowest BCUT2D eigenvalue weighted by Crippen LogP contribution is -2.09. The van der Waals surface area contributed by atoms with E-state index in [2.05, 4.69) is 30.3 Å². The Balaban J connectivity index is 1.26. The van der Waals surface area contributed by atoms with Gasteiger partial charge >= 0.3 is 5.97 Å². The zero-order chi connectivity index (χ0) is 27.4. The van der Waals surface area contributed by atoms with Crippen LogP contribution in [-0.2, 0) is 38.8 Å². The highest BCUT2D eigenvalue weighted by Crippen LogP contribution is 2.39. The molecule has 8 heteroatoms. The number of aryl methyl sites for hydroxylation is 2. The second-order valence-corrected chi connectivity index (χ2v) is 12.5. The van der Waals surface area contributed by atoms with Gasteiger partial charge in [-0.05, 0) is 77.8 Å². The number of carbonyl (C=O) groups excluding carboxylic acids is 1. The standard InChI is InChI=1S/C31H34O7S/c1-35-31(32)17-24-20-38-30-18-26(10-12-28(24)30)37-19-21-7-8-22-5-3-6-23-16-25(9-11-27(23)29(22)15-21)36-13-4-14-39(2,33)34/h7-12,15-16,18,24H,3-6,13-14,17,19-20H2,1-2H3/t24-/m1/s1. The molecule has 5 rings (SSSR count). The molecular weight excluding hydrogens is 516 g/mol. The summed E-state index contributed by atoms with van der Waals surface area (Å²) in [6.07, 6.45) is 5.05. The van der Waals surface area contributed by atoms with Gasteiger partial charge in [-0.25, -0.2) is 8.42 Å². The molecule has 0 saturated heterocycles. The average molecular weight is 551 g/mol. The summed E-state index contributed by atoms with van der Waals surface area (Å²) in [6, 6.07) is 18.5. The maximum absolute atomic E-state index is 11.7. The van der Waals surface area contributed by atoms with Crippen LogP contribution in [0.15, 0.2) is 54.6 Å². The zero-order valence-electron chi connectivity index (χ0n) is 22.4. The van der Waals surface area contributed by atoms with Crippen LogP contribution in [-0.4, -0.2) is 46.7 Å². The first kappa shape index (κ1) is 27.1. The van der Waals surface area contributed by atoms with E-state index in [0.717, 1.165) is 47.6 Å². The van der Waals surface area contributed by atoms with Crippen molar-refractivity contribution < 1.29 is 32.2 Å². The van der Waals surface area contributed by atoms with Crippen LogP contribution >= 0.6 is 0 Å². The van der Waals surface area contributed by atoms with Crippen LogP contribution in [0.25, 0.3) is 11.1 Å². The van der Waals surface area contributed by atoms with Gasteiger partial charge in [-0.1, -0.05) is 24.3 Å². The molecular formula is C31H34O7S. The van der Waals surface area contributed by atoms with Gasteiger partial charge in [0.05, 0.1) is 32.5 Å². The third-order valence-corrected chi connectivity index (χ3v) is 8.30. The molecule has 0 radical (unpaired) electrons. The molecule has 2 aliphatic rings. The smallest absolute Gasteiger partial charge is 0.306 e. The molecule has 0 bridgehead atoms. The predicted octanol–water partition coefficient (Wildman–Crippen LogP) is 5.27. The van der Waals surface area contributed by atoms with Crippen LogP contribution in [0.3, 0.4) is 0 Å². The molecule has 3 aromatic rings. The number of ether oxygens (including phenoxy) is 4. The molecule has 0 amide bonds. The van der Waals surface area contributed by atoms with E-state index in [9.17, 15) is 13.2 Å². The second-order valence-electron chi connectivity index (χ2n) is 10.3. The molecule has 0 fully saturated rings. The molecule has 1 heterocycles. The van der Waals surface area contributed by atoms with Crippen molar-refractivity contribution in [3.8, 4) is 28.4 Å². The Kier molecular flexibility index (Phi) is 8.12. The highest BCUT2D eigenvalue weighted by atomic mass is 32.2. The summed E-state index contributed by atoms with van der Waals surface area (Å²) in [5.74, 6) is 2.15. The molecule has 3 aromatic carbocycles. The van der Waals surface area contributed by atoms with Gasteiger partial charge in [0, 0.05) is 23.8 Å². The second kappa shape index (κ2) is 11.7. The fourth-order valence-electron chi connectivity index (χ4n) is 5.26. The Morgan fingerprint density at radius 3 is 2.56 bits per heavy atom. The van der Waals surface area contributed by atoms with Crippen LogP contribution in [0.1, 0.15) is 47.4 Å². The van der Waals surface area contributed by atoms with Crippen LogP contribution in [0.2, 0.25) is 0 Å². The van der Waals surface area contributed by atoms with Gasteiger partial charge in [-0.3, -0.25) is 4.79 Å². The van der Waals surface area contributed by atoms with Crippen molar-refractivity contribution in [2.75, 3.05) is 32.3 Å². The van der Waals surface area contributed by atoms with Crippen molar-refractivity contribution in [2.24, 2.45) is 0 Å². The number of benzene rings is 3. The number of rotatable bonds is 10. The van der Waals surface area contributed by atoms with Gasteiger partial charge in [-0.2, -0.15) is 0 Å². The fourth-order valence-corrected chi connectivity index (χ4v) is 5.90. The van der Waals surface area contributed by atoms with Crippen LogP contribution in [0, 0.1) is 0 Å². The molecule has 1 aliphatic carbocycles. The van der Waals surface area contributed by atoms with Crippen molar-refractivity contribution in [3.05, 3.63) is 76.9 Å². The minimum atomic E-state index is -2.98. The lowest BCUT2D eigenvalue weighted by Gasteiger charge is -2.14. The van der Waals surface area contributed by atoms with Gasteiger partial charge in [0.1, 0.15) is 33.7 Å². The molecule has 1 atom stereocenters. The monoisotopic (exact) mass is 550 g/mol. The maximum Gasteiger partial charge on any atom is 0.306 e. The van der Waals surface area contributed by atoms with E-state index < -0.39 is 9.84 Å². The molecule has 39 heavy (non-hydrogen) atoms. The Hall–Kier alpha value is -3.52. The molecule has 0 aromatic heterocycles. The topological polar surface area (TPSA) is 88.1 Å². The number of hydrogen-bond donors (Lipinski definition) is 0. The quantitative estimate of drug-likeness (QED) is 0.251. The van der Waals surface area contributed by atoms with Gasteiger partial charge < -0.3 is 18.9 Å². The van der Waals surface area contributed by atoms with E-state index in [0.29, 0.717) is 32.7 Å². The maximum atomic E-state index is 11.7. The minimum absolute atomic E-state index is 0.00421. The Bertz CT molecular complexity index is 1460. The summed E-state index contributed by atoms with van der Waals surface area (Å²) in [5.41, 5.74) is 7.07. The average Bonchev–Trinajstić information content (AvgIpc) is 3.22. The highest BCUT2D eigenvalue weighted by molar-refractivity contribution is 7.90. The number of carbonyl (C=O) groups is 1. The minimum Gasteiger partial charge on any atom is -0.494 e. The summed E-state index contributed by atoms with van der Waals surface area (Å²) in [5, 5.41) is 0. The van der Waals surface area contributed by atoms with Crippen molar-refractivity contribution in [1.82, 2.24) is 0 Å². The van der Waals surface area contributed by atoms with Crippen molar-refractivity contribution in [3.63, 3.8) is 0 Å². The molecule has 0 saturated carbocycles. The summed E-state index contributed by atoms with van der Waals surface area (Å²) in [4.78, 5) is 11.7.